The molecule has 0 aliphatic heterocycles. The Labute approximate surface area is 142 Å². The van der Waals surface area contributed by atoms with E-state index < -0.39 is 17.6 Å². The van der Waals surface area contributed by atoms with Gasteiger partial charge in [-0.05, 0) is 35.9 Å². The molecule has 0 atom stereocenters. The van der Waals surface area contributed by atoms with Gasteiger partial charge in [0, 0.05) is 12.1 Å². The molecule has 132 valence electrons. The van der Waals surface area contributed by atoms with Crippen molar-refractivity contribution in [2.45, 2.75) is 6.18 Å². The van der Waals surface area contributed by atoms with Crippen molar-refractivity contribution in [1.29, 1.82) is 0 Å². The van der Waals surface area contributed by atoms with Crippen molar-refractivity contribution in [2.24, 2.45) is 0 Å². The second-order valence-corrected chi connectivity index (χ2v) is 5.01. The zero-order valence-electron chi connectivity index (χ0n) is 13.6. The summed E-state index contributed by atoms with van der Waals surface area (Å²) in [6.07, 6.45) is -1.74. The number of halogens is 3. The minimum atomic E-state index is -4.39. The van der Waals surface area contributed by atoms with Crippen LogP contribution < -0.4 is 14.8 Å². The summed E-state index contributed by atoms with van der Waals surface area (Å²) >= 11 is 0. The van der Waals surface area contributed by atoms with Gasteiger partial charge in [0.2, 0.25) is 5.91 Å². The number of hydrogen-bond donors (Lipinski definition) is 1. The van der Waals surface area contributed by atoms with Gasteiger partial charge in [-0.3, -0.25) is 4.79 Å². The molecule has 0 saturated carbocycles. The third-order valence-electron chi connectivity index (χ3n) is 3.33. The fourth-order valence-corrected chi connectivity index (χ4v) is 2.04. The van der Waals surface area contributed by atoms with E-state index in [1.807, 2.05) is 0 Å². The molecule has 2 aromatic carbocycles. The lowest BCUT2D eigenvalue weighted by Gasteiger charge is -2.10. The van der Waals surface area contributed by atoms with E-state index in [2.05, 4.69) is 5.32 Å². The average molecular weight is 351 g/mol. The maximum Gasteiger partial charge on any atom is 0.416 e. The lowest BCUT2D eigenvalue weighted by atomic mass is 10.1. The van der Waals surface area contributed by atoms with Gasteiger partial charge in [-0.15, -0.1) is 0 Å². The van der Waals surface area contributed by atoms with Gasteiger partial charge in [-0.25, -0.2) is 0 Å². The van der Waals surface area contributed by atoms with Crippen LogP contribution in [-0.4, -0.2) is 20.1 Å². The van der Waals surface area contributed by atoms with Crippen molar-refractivity contribution in [2.75, 3.05) is 19.5 Å². The summed E-state index contributed by atoms with van der Waals surface area (Å²) < 4.78 is 47.8. The van der Waals surface area contributed by atoms with E-state index in [0.717, 1.165) is 12.1 Å². The highest BCUT2D eigenvalue weighted by Gasteiger charge is 2.29. The number of benzene rings is 2. The molecule has 0 saturated heterocycles. The first kappa shape index (κ1) is 18.4. The number of carbonyl (C=O) groups is 1. The van der Waals surface area contributed by atoms with E-state index in [9.17, 15) is 18.0 Å². The first-order chi connectivity index (χ1) is 11.8. The normalized spacial score (nSPS) is 11.4. The molecule has 0 spiro atoms. The average Bonchev–Trinajstić information content (AvgIpc) is 2.59. The Bertz CT molecular complexity index is 768. The van der Waals surface area contributed by atoms with Crippen LogP contribution in [0.15, 0.2) is 48.5 Å². The fraction of sp³-hybridized carbons (Fsp3) is 0.167. The standard InChI is InChI=1S/C18H16F3NO3/c1-24-14-8-9-16(25-2)15(11-14)22-17(23)10-5-12-3-6-13(7-4-12)18(19,20)21/h3-11H,1-2H3,(H,22,23)/b10-5+. The Hall–Kier alpha value is -2.96. The molecule has 7 heteroatoms. The molecule has 1 N–H and O–H groups in total. The number of alkyl halides is 3. The molecule has 2 rings (SSSR count). The molecule has 0 radical (unpaired) electrons. The summed E-state index contributed by atoms with van der Waals surface area (Å²) in [6, 6.07) is 9.44. The van der Waals surface area contributed by atoms with Crippen molar-refractivity contribution in [3.05, 3.63) is 59.7 Å². The van der Waals surface area contributed by atoms with Crippen LogP contribution in [0, 0.1) is 0 Å². The van der Waals surface area contributed by atoms with Crippen molar-refractivity contribution in [3.8, 4) is 11.5 Å². The third kappa shape index (κ3) is 5.00. The summed E-state index contributed by atoms with van der Waals surface area (Å²) in [7, 11) is 2.97. The molecular formula is C18H16F3NO3. The first-order valence-corrected chi connectivity index (χ1v) is 7.22. The zero-order valence-corrected chi connectivity index (χ0v) is 13.6. The summed E-state index contributed by atoms with van der Waals surface area (Å²) in [5.41, 5.74) is 0.153. The van der Waals surface area contributed by atoms with Crippen molar-refractivity contribution < 1.29 is 27.4 Å². The molecule has 0 heterocycles. The van der Waals surface area contributed by atoms with Gasteiger partial charge in [0.05, 0.1) is 25.5 Å². The molecular weight excluding hydrogens is 335 g/mol. The van der Waals surface area contributed by atoms with E-state index in [1.54, 1.807) is 18.2 Å². The number of amides is 1. The van der Waals surface area contributed by atoms with Gasteiger partial charge in [0.1, 0.15) is 11.5 Å². The Morgan fingerprint density at radius 1 is 1.04 bits per heavy atom. The van der Waals surface area contributed by atoms with Gasteiger partial charge < -0.3 is 14.8 Å². The van der Waals surface area contributed by atoms with Crippen LogP contribution in [0.4, 0.5) is 18.9 Å². The van der Waals surface area contributed by atoms with Gasteiger partial charge in [-0.1, -0.05) is 12.1 Å². The summed E-state index contributed by atoms with van der Waals surface area (Å²) in [5, 5.41) is 2.63. The van der Waals surface area contributed by atoms with E-state index in [0.29, 0.717) is 22.7 Å². The molecule has 2 aromatic rings. The minimum Gasteiger partial charge on any atom is -0.497 e. The number of hydrogen-bond acceptors (Lipinski definition) is 3. The predicted molar refractivity (Wildman–Crippen MR) is 88.7 cm³/mol. The zero-order chi connectivity index (χ0) is 18.4. The van der Waals surface area contributed by atoms with Gasteiger partial charge in [0.15, 0.2) is 0 Å². The lowest BCUT2D eigenvalue weighted by molar-refractivity contribution is -0.137. The van der Waals surface area contributed by atoms with Crippen molar-refractivity contribution in [3.63, 3.8) is 0 Å². The molecule has 0 fully saturated rings. The molecule has 1 amide bonds. The van der Waals surface area contributed by atoms with E-state index >= 15 is 0 Å². The van der Waals surface area contributed by atoms with Gasteiger partial charge in [0.25, 0.3) is 0 Å². The number of anilines is 1. The fourth-order valence-electron chi connectivity index (χ4n) is 2.04. The maximum atomic E-state index is 12.5. The second-order valence-electron chi connectivity index (χ2n) is 5.01. The van der Waals surface area contributed by atoms with Crippen LogP contribution >= 0.6 is 0 Å². The topological polar surface area (TPSA) is 47.6 Å². The van der Waals surface area contributed by atoms with Crippen molar-refractivity contribution in [1.82, 2.24) is 0 Å². The number of methoxy groups -OCH3 is 2. The Morgan fingerprint density at radius 3 is 2.28 bits per heavy atom. The second kappa shape index (κ2) is 7.74. The number of nitrogens with one attached hydrogen (secondary N) is 1. The highest BCUT2D eigenvalue weighted by molar-refractivity contribution is 6.02. The molecule has 0 bridgehead atoms. The van der Waals surface area contributed by atoms with E-state index in [1.165, 1.54) is 38.5 Å². The lowest BCUT2D eigenvalue weighted by Crippen LogP contribution is -2.09. The maximum absolute atomic E-state index is 12.5. The monoisotopic (exact) mass is 351 g/mol. The van der Waals surface area contributed by atoms with Crippen LogP contribution in [0.2, 0.25) is 0 Å². The van der Waals surface area contributed by atoms with Gasteiger partial charge >= 0.3 is 6.18 Å². The van der Waals surface area contributed by atoms with Gasteiger partial charge in [-0.2, -0.15) is 13.2 Å². The largest absolute Gasteiger partial charge is 0.497 e. The van der Waals surface area contributed by atoms with E-state index in [-0.39, 0.29) is 0 Å². The van der Waals surface area contributed by atoms with Crippen LogP contribution in [0.1, 0.15) is 11.1 Å². The Morgan fingerprint density at radius 2 is 1.72 bits per heavy atom. The quantitative estimate of drug-likeness (QED) is 0.814. The molecule has 0 aliphatic carbocycles. The number of ether oxygens (including phenoxy) is 2. The highest BCUT2D eigenvalue weighted by Crippen LogP contribution is 2.30. The Kier molecular flexibility index (Phi) is 5.69. The Balaban J connectivity index is 2.08. The summed E-state index contributed by atoms with van der Waals surface area (Å²) in [4.78, 5) is 12.0. The number of rotatable bonds is 5. The molecule has 0 unspecified atom stereocenters. The number of carbonyl (C=O) groups excluding carboxylic acids is 1. The van der Waals surface area contributed by atoms with Crippen molar-refractivity contribution >= 4 is 17.7 Å². The van der Waals surface area contributed by atoms with Crippen LogP contribution in [0.5, 0.6) is 11.5 Å². The first-order valence-electron chi connectivity index (χ1n) is 7.22. The highest BCUT2D eigenvalue weighted by atomic mass is 19.4. The molecule has 0 aliphatic rings. The molecule has 0 aromatic heterocycles. The van der Waals surface area contributed by atoms with E-state index in [4.69, 9.17) is 9.47 Å². The van der Waals surface area contributed by atoms with Crippen LogP contribution in [0.25, 0.3) is 6.08 Å². The van der Waals surface area contributed by atoms with Crippen LogP contribution in [0.3, 0.4) is 0 Å². The molecule has 4 nitrogen and oxygen atoms in total. The third-order valence-corrected chi connectivity index (χ3v) is 3.33. The smallest absolute Gasteiger partial charge is 0.416 e. The SMILES string of the molecule is COc1ccc(OC)c(NC(=O)/C=C/c2ccc(C(F)(F)F)cc2)c1. The minimum absolute atomic E-state index is 0.420. The summed E-state index contributed by atoms with van der Waals surface area (Å²) in [6.45, 7) is 0. The molecule has 25 heavy (non-hydrogen) atoms. The predicted octanol–water partition coefficient (Wildman–Crippen LogP) is 4.37. The summed E-state index contributed by atoms with van der Waals surface area (Å²) in [5.74, 6) is 0.548. The van der Waals surface area contributed by atoms with Crippen LogP contribution in [-0.2, 0) is 11.0 Å².